The van der Waals surface area contributed by atoms with Crippen molar-refractivity contribution in [1.82, 2.24) is 5.43 Å². The molecule has 2 amide bonds. The van der Waals surface area contributed by atoms with Crippen LogP contribution in [0.4, 0.5) is 5.69 Å². The number of carbonyl (C=O) groups excluding carboxylic acids is 3. The van der Waals surface area contributed by atoms with Gasteiger partial charge in [0.25, 0.3) is 0 Å². The Morgan fingerprint density at radius 3 is 2.26 bits per heavy atom. The highest BCUT2D eigenvalue weighted by atomic mass is 35.5. The predicted molar refractivity (Wildman–Crippen MR) is 119 cm³/mol. The summed E-state index contributed by atoms with van der Waals surface area (Å²) in [6.07, 6.45) is 1.34. The number of hydrazone groups is 1. The summed E-state index contributed by atoms with van der Waals surface area (Å²) in [7, 11) is 0. The van der Waals surface area contributed by atoms with Crippen LogP contribution in [0.25, 0.3) is 0 Å². The normalized spacial score (nSPS) is 10.5. The zero-order valence-corrected chi connectivity index (χ0v) is 17.4. The molecule has 0 heterocycles. The molecule has 0 aromatic heterocycles. The molecule has 0 atom stereocenters. The van der Waals surface area contributed by atoms with E-state index < -0.39 is 17.8 Å². The second kappa shape index (κ2) is 10.4. The minimum Gasteiger partial charge on any atom is -0.423 e. The Labute approximate surface area is 187 Å². The molecule has 3 aromatic rings. The van der Waals surface area contributed by atoms with Crippen molar-refractivity contribution >= 4 is 52.9 Å². The average molecular weight is 456 g/mol. The van der Waals surface area contributed by atoms with Crippen molar-refractivity contribution in [1.29, 1.82) is 0 Å². The van der Waals surface area contributed by atoms with Crippen LogP contribution in [0.5, 0.6) is 5.75 Å². The predicted octanol–water partition coefficient (Wildman–Crippen LogP) is 4.30. The number of hydrogen-bond acceptors (Lipinski definition) is 5. The van der Waals surface area contributed by atoms with Gasteiger partial charge in [0.05, 0.1) is 16.8 Å². The molecule has 0 saturated heterocycles. The maximum Gasteiger partial charge on any atom is 0.345 e. The van der Waals surface area contributed by atoms with E-state index in [0.717, 1.165) is 0 Å². The number of ether oxygens (including phenoxy) is 1. The summed E-state index contributed by atoms with van der Waals surface area (Å²) in [6, 6.07) is 19.4. The Balaban J connectivity index is 1.52. The van der Waals surface area contributed by atoms with Gasteiger partial charge in [-0.3, -0.25) is 9.59 Å². The first-order valence-electron chi connectivity index (χ1n) is 8.89. The van der Waals surface area contributed by atoms with Crippen LogP contribution in [0.2, 0.25) is 10.0 Å². The first kappa shape index (κ1) is 22.0. The fourth-order valence-corrected chi connectivity index (χ4v) is 2.85. The van der Waals surface area contributed by atoms with Crippen LogP contribution >= 0.6 is 23.2 Å². The molecule has 0 unspecified atom stereocenters. The minimum atomic E-state index is -0.912. The molecule has 2 N–H and O–H groups in total. The number of rotatable bonds is 5. The monoisotopic (exact) mass is 455 g/mol. The lowest BCUT2D eigenvalue weighted by atomic mass is 10.2. The second-order valence-corrected chi connectivity index (χ2v) is 6.95. The summed E-state index contributed by atoms with van der Waals surface area (Å²) < 4.78 is 5.27. The fraction of sp³-hybridized carbons (Fsp3) is 0. The first-order chi connectivity index (χ1) is 14.9. The molecule has 0 spiro atoms. The average Bonchev–Trinajstić information content (AvgIpc) is 2.75. The first-order valence-corrected chi connectivity index (χ1v) is 9.65. The number of nitrogens with one attached hydrogen (secondary N) is 2. The third-order valence-electron chi connectivity index (χ3n) is 3.86. The Hall–Kier alpha value is -3.68. The molecule has 0 radical (unpaired) electrons. The molecule has 31 heavy (non-hydrogen) atoms. The molecule has 3 rings (SSSR count). The molecule has 0 aliphatic rings. The lowest BCUT2D eigenvalue weighted by molar-refractivity contribution is -0.136. The van der Waals surface area contributed by atoms with E-state index in [0.29, 0.717) is 22.0 Å². The number of esters is 1. The highest BCUT2D eigenvalue weighted by molar-refractivity contribution is 6.39. The number of carbonyl (C=O) groups is 3. The van der Waals surface area contributed by atoms with E-state index in [1.807, 2.05) is 0 Å². The van der Waals surface area contributed by atoms with Gasteiger partial charge < -0.3 is 10.1 Å². The molecule has 9 heteroatoms. The SMILES string of the molecule is O=C(N/N=C/c1ccc(OC(=O)c2ccc(Cl)cc2Cl)cc1)C(=O)Nc1ccccc1. The van der Waals surface area contributed by atoms with Gasteiger partial charge in [0, 0.05) is 10.7 Å². The van der Waals surface area contributed by atoms with Crippen molar-refractivity contribution in [3.63, 3.8) is 0 Å². The van der Waals surface area contributed by atoms with E-state index >= 15 is 0 Å². The Morgan fingerprint density at radius 2 is 1.58 bits per heavy atom. The molecular formula is C22H15Cl2N3O4. The van der Waals surface area contributed by atoms with Gasteiger partial charge in [-0.2, -0.15) is 5.10 Å². The maximum absolute atomic E-state index is 12.2. The van der Waals surface area contributed by atoms with Crippen molar-refractivity contribution < 1.29 is 19.1 Å². The van der Waals surface area contributed by atoms with Crippen LogP contribution in [0.3, 0.4) is 0 Å². The van der Waals surface area contributed by atoms with Gasteiger partial charge in [0.15, 0.2) is 0 Å². The number of amides is 2. The summed E-state index contributed by atoms with van der Waals surface area (Å²) >= 11 is 11.8. The number of anilines is 1. The maximum atomic E-state index is 12.2. The van der Waals surface area contributed by atoms with Gasteiger partial charge in [-0.25, -0.2) is 10.2 Å². The van der Waals surface area contributed by atoms with Crippen LogP contribution < -0.4 is 15.5 Å². The number of nitrogens with zero attached hydrogens (tertiary/aromatic N) is 1. The summed E-state index contributed by atoms with van der Waals surface area (Å²) in [5.41, 5.74) is 3.43. The Morgan fingerprint density at radius 1 is 0.871 bits per heavy atom. The zero-order chi connectivity index (χ0) is 22.2. The van der Waals surface area contributed by atoms with E-state index in [-0.39, 0.29) is 10.6 Å². The van der Waals surface area contributed by atoms with Crippen LogP contribution in [-0.4, -0.2) is 24.0 Å². The molecule has 7 nitrogen and oxygen atoms in total. The number of para-hydroxylation sites is 1. The van der Waals surface area contributed by atoms with Gasteiger partial charge in [-0.1, -0.05) is 41.4 Å². The van der Waals surface area contributed by atoms with Crippen LogP contribution in [-0.2, 0) is 9.59 Å². The summed E-state index contributed by atoms with van der Waals surface area (Å²) in [4.78, 5) is 35.8. The highest BCUT2D eigenvalue weighted by Gasteiger charge is 2.14. The van der Waals surface area contributed by atoms with E-state index in [2.05, 4.69) is 15.8 Å². The van der Waals surface area contributed by atoms with Crippen molar-refractivity contribution in [3.05, 3.63) is 94.0 Å². The Bertz CT molecular complexity index is 1130. The van der Waals surface area contributed by atoms with Gasteiger partial charge in [-0.15, -0.1) is 0 Å². The van der Waals surface area contributed by atoms with Gasteiger partial charge >= 0.3 is 17.8 Å². The van der Waals surface area contributed by atoms with Crippen LogP contribution in [0.15, 0.2) is 77.9 Å². The standard InChI is InChI=1S/C22H15Cl2N3O4/c23-15-8-11-18(19(24)12-15)22(30)31-17-9-6-14(7-10-17)13-25-27-21(29)20(28)26-16-4-2-1-3-5-16/h1-13H,(H,26,28)(H,27,29)/b25-13+. The second-order valence-electron chi connectivity index (χ2n) is 6.10. The lowest BCUT2D eigenvalue weighted by Crippen LogP contribution is -2.32. The van der Waals surface area contributed by atoms with E-state index in [9.17, 15) is 14.4 Å². The number of halogens is 2. The van der Waals surface area contributed by atoms with Crippen LogP contribution in [0, 0.1) is 0 Å². The zero-order valence-electron chi connectivity index (χ0n) is 15.8. The van der Waals surface area contributed by atoms with Crippen molar-refractivity contribution in [2.24, 2.45) is 5.10 Å². The largest absolute Gasteiger partial charge is 0.423 e. The smallest absolute Gasteiger partial charge is 0.345 e. The van der Waals surface area contributed by atoms with Crippen LogP contribution in [0.1, 0.15) is 15.9 Å². The molecule has 156 valence electrons. The van der Waals surface area contributed by atoms with E-state index in [1.54, 1.807) is 54.6 Å². The molecule has 0 fully saturated rings. The molecule has 0 bridgehead atoms. The van der Waals surface area contributed by atoms with Gasteiger partial charge in [0.2, 0.25) is 0 Å². The fourth-order valence-electron chi connectivity index (χ4n) is 2.36. The van der Waals surface area contributed by atoms with Crippen molar-refractivity contribution in [2.45, 2.75) is 0 Å². The Kier molecular flexibility index (Phi) is 7.37. The minimum absolute atomic E-state index is 0.188. The van der Waals surface area contributed by atoms with Gasteiger partial charge in [-0.05, 0) is 60.2 Å². The number of hydrogen-bond donors (Lipinski definition) is 2. The lowest BCUT2D eigenvalue weighted by Gasteiger charge is -2.06. The third-order valence-corrected chi connectivity index (χ3v) is 4.41. The molecule has 0 saturated carbocycles. The van der Waals surface area contributed by atoms with Crippen molar-refractivity contribution in [3.8, 4) is 5.75 Å². The summed E-state index contributed by atoms with van der Waals surface area (Å²) in [5, 5.41) is 6.79. The quantitative estimate of drug-likeness (QED) is 0.197. The van der Waals surface area contributed by atoms with E-state index in [4.69, 9.17) is 27.9 Å². The molecular weight excluding hydrogens is 441 g/mol. The van der Waals surface area contributed by atoms with E-state index in [1.165, 1.54) is 24.4 Å². The topological polar surface area (TPSA) is 96.9 Å². The third kappa shape index (κ3) is 6.40. The molecule has 0 aliphatic heterocycles. The van der Waals surface area contributed by atoms with Gasteiger partial charge in [0.1, 0.15) is 5.75 Å². The summed E-state index contributed by atoms with van der Waals surface area (Å²) in [5.74, 6) is -2.09. The highest BCUT2D eigenvalue weighted by Crippen LogP contribution is 2.23. The molecule has 0 aliphatic carbocycles. The number of benzene rings is 3. The summed E-state index contributed by atoms with van der Waals surface area (Å²) in [6.45, 7) is 0. The molecule has 3 aromatic carbocycles. The van der Waals surface area contributed by atoms with Crippen molar-refractivity contribution in [2.75, 3.05) is 5.32 Å².